The molecule has 0 aliphatic rings. The fourth-order valence-electron chi connectivity index (χ4n) is 1.82. The molecule has 2 N–H and O–H groups in total. The van der Waals surface area contributed by atoms with E-state index in [9.17, 15) is 4.79 Å². The number of hydrogen-bond acceptors (Lipinski definition) is 3. The SMILES string of the molecule is CN(Cc1cccc(C(N)=S)c1)C(=O)c1ccoc1Cl. The van der Waals surface area contributed by atoms with Gasteiger partial charge in [0.05, 0.1) is 11.8 Å². The summed E-state index contributed by atoms with van der Waals surface area (Å²) in [7, 11) is 1.69. The molecule has 1 heterocycles. The fraction of sp³-hybridized carbons (Fsp3) is 0.143. The second-order valence-electron chi connectivity index (χ2n) is 4.33. The number of nitrogens with two attached hydrogens (primary N) is 1. The van der Waals surface area contributed by atoms with E-state index in [4.69, 9.17) is 34.0 Å². The van der Waals surface area contributed by atoms with Crippen LogP contribution in [0.5, 0.6) is 0 Å². The van der Waals surface area contributed by atoms with Crippen molar-refractivity contribution in [3.63, 3.8) is 0 Å². The lowest BCUT2D eigenvalue weighted by molar-refractivity contribution is 0.0784. The molecule has 1 aromatic heterocycles. The molecule has 0 radical (unpaired) electrons. The maximum atomic E-state index is 12.2. The van der Waals surface area contributed by atoms with Crippen molar-refractivity contribution in [2.24, 2.45) is 5.73 Å². The van der Waals surface area contributed by atoms with Crippen molar-refractivity contribution in [1.29, 1.82) is 0 Å². The molecule has 6 heteroatoms. The van der Waals surface area contributed by atoms with Crippen molar-refractivity contribution < 1.29 is 9.21 Å². The molecular formula is C14H13ClN2O2S. The highest BCUT2D eigenvalue weighted by Crippen LogP contribution is 2.19. The van der Waals surface area contributed by atoms with Crippen LogP contribution in [0.3, 0.4) is 0 Å². The Morgan fingerprint density at radius 2 is 2.20 bits per heavy atom. The lowest BCUT2D eigenvalue weighted by Gasteiger charge is -2.17. The monoisotopic (exact) mass is 308 g/mol. The predicted octanol–water partition coefficient (Wildman–Crippen LogP) is 2.84. The van der Waals surface area contributed by atoms with E-state index < -0.39 is 0 Å². The standard InChI is InChI=1S/C14H13ClN2O2S/c1-17(14(18)11-5-6-19-12(11)15)8-9-3-2-4-10(7-9)13(16)20/h2-7H,8H2,1H3,(H2,16,20). The van der Waals surface area contributed by atoms with Crippen LogP contribution in [0.1, 0.15) is 21.5 Å². The summed E-state index contributed by atoms with van der Waals surface area (Å²) in [5.74, 6) is -0.204. The van der Waals surface area contributed by atoms with Gasteiger partial charge in [0, 0.05) is 19.2 Å². The van der Waals surface area contributed by atoms with Crippen LogP contribution in [-0.4, -0.2) is 22.8 Å². The van der Waals surface area contributed by atoms with E-state index in [1.807, 2.05) is 24.3 Å². The number of thiocarbonyl (C=S) groups is 1. The molecule has 0 saturated carbocycles. The Morgan fingerprint density at radius 1 is 1.45 bits per heavy atom. The number of hydrogen-bond donors (Lipinski definition) is 1. The van der Waals surface area contributed by atoms with Gasteiger partial charge in [0.25, 0.3) is 5.91 Å². The molecule has 104 valence electrons. The zero-order valence-electron chi connectivity index (χ0n) is 10.8. The lowest BCUT2D eigenvalue weighted by atomic mass is 10.1. The quantitative estimate of drug-likeness (QED) is 0.882. The molecule has 0 fully saturated rings. The van der Waals surface area contributed by atoms with E-state index in [0.717, 1.165) is 11.1 Å². The van der Waals surface area contributed by atoms with Crippen molar-refractivity contribution in [1.82, 2.24) is 4.90 Å². The first kappa shape index (κ1) is 14.6. The molecule has 4 nitrogen and oxygen atoms in total. The van der Waals surface area contributed by atoms with E-state index >= 15 is 0 Å². The smallest absolute Gasteiger partial charge is 0.258 e. The molecule has 0 saturated heterocycles. The highest BCUT2D eigenvalue weighted by Gasteiger charge is 2.17. The Kier molecular flexibility index (Phi) is 4.42. The van der Waals surface area contributed by atoms with Crippen LogP contribution in [0, 0.1) is 0 Å². The third-order valence-electron chi connectivity index (χ3n) is 2.83. The van der Waals surface area contributed by atoms with Gasteiger partial charge in [-0.15, -0.1) is 0 Å². The molecule has 0 bridgehead atoms. The zero-order chi connectivity index (χ0) is 14.7. The van der Waals surface area contributed by atoms with Gasteiger partial charge in [0.2, 0.25) is 5.22 Å². The first-order valence-electron chi connectivity index (χ1n) is 5.86. The molecule has 0 aliphatic heterocycles. The van der Waals surface area contributed by atoms with Gasteiger partial charge in [-0.2, -0.15) is 0 Å². The second-order valence-corrected chi connectivity index (χ2v) is 5.12. The van der Waals surface area contributed by atoms with E-state index in [1.54, 1.807) is 18.0 Å². The van der Waals surface area contributed by atoms with Gasteiger partial charge in [-0.3, -0.25) is 4.79 Å². The topological polar surface area (TPSA) is 59.5 Å². The zero-order valence-corrected chi connectivity index (χ0v) is 12.4. The fourth-order valence-corrected chi connectivity index (χ4v) is 2.14. The Balaban J connectivity index is 2.14. The average molecular weight is 309 g/mol. The Labute approximate surface area is 127 Å². The minimum Gasteiger partial charge on any atom is -0.452 e. The second kappa shape index (κ2) is 6.07. The first-order chi connectivity index (χ1) is 9.49. The minimum absolute atomic E-state index is 0.0961. The van der Waals surface area contributed by atoms with Crippen molar-refractivity contribution in [2.75, 3.05) is 7.05 Å². The summed E-state index contributed by atoms with van der Waals surface area (Å²) < 4.78 is 4.92. The molecule has 1 amide bonds. The molecule has 20 heavy (non-hydrogen) atoms. The van der Waals surface area contributed by atoms with Gasteiger partial charge in [-0.05, 0) is 29.3 Å². The van der Waals surface area contributed by atoms with E-state index in [-0.39, 0.29) is 11.1 Å². The predicted molar refractivity (Wildman–Crippen MR) is 81.8 cm³/mol. The number of benzene rings is 1. The van der Waals surface area contributed by atoms with Crippen LogP contribution in [-0.2, 0) is 6.54 Å². The lowest BCUT2D eigenvalue weighted by Crippen LogP contribution is -2.26. The number of carbonyl (C=O) groups is 1. The molecule has 1 aromatic carbocycles. The van der Waals surface area contributed by atoms with E-state index in [1.165, 1.54) is 6.26 Å². The van der Waals surface area contributed by atoms with Gasteiger partial charge < -0.3 is 15.1 Å². The van der Waals surface area contributed by atoms with Crippen LogP contribution < -0.4 is 5.73 Å². The van der Waals surface area contributed by atoms with Gasteiger partial charge in [-0.1, -0.05) is 30.4 Å². The van der Waals surface area contributed by atoms with Gasteiger partial charge in [0.15, 0.2) is 0 Å². The van der Waals surface area contributed by atoms with Crippen LogP contribution in [0.25, 0.3) is 0 Å². The third-order valence-corrected chi connectivity index (χ3v) is 3.35. The average Bonchev–Trinajstić information content (AvgIpc) is 2.84. The molecule has 0 spiro atoms. The van der Waals surface area contributed by atoms with Crippen molar-refractivity contribution in [3.05, 3.63) is 58.5 Å². The number of rotatable bonds is 4. The number of carbonyl (C=O) groups excluding carboxylic acids is 1. The van der Waals surface area contributed by atoms with Gasteiger partial charge in [-0.25, -0.2) is 0 Å². The summed E-state index contributed by atoms with van der Waals surface area (Å²) in [5.41, 5.74) is 7.65. The summed E-state index contributed by atoms with van der Waals surface area (Å²) in [6.07, 6.45) is 1.39. The van der Waals surface area contributed by atoms with E-state index in [0.29, 0.717) is 17.1 Å². The molecular weight excluding hydrogens is 296 g/mol. The number of nitrogens with zero attached hydrogens (tertiary/aromatic N) is 1. The highest BCUT2D eigenvalue weighted by atomic mass is 35.5. The summed E-state index contributed by atoms with van der Waals surface area (Å²) in [6.45, 7) is 0.427. The molecule has 2 aromatic rings. The minimum atomic E-state index is -0.204. The summed E-state index contributed by atoms with van der Waals surface area (Å²) in [4.78, 5) is 14.1. The summed E-state index contributed by atoms with van der Waals surface area (Å²) in [5, 5.41) is 0.0961. The van der Waals surface area contributed by atoms with E-state index in [2.05, 4.69) is 0 Å². The highest BCUT2D eigenvalue weighted by molar-refractivity contribution is 7.80. The third kappa shape index (κ3) is 3.18. The Bertz CT molecular complexity index is 654. The Morgan fingerprint density at radius 3 is 2.80 bits per heavy atom. The van der Waals surface area contributed by atoms with Crippen molar-refractivity contribution >= 4 is 34.7 Å². The maximum Gasteiger partial charge on any atom is 0.258 e. The largest absolute Gasteiger partial charge is 0.452 e. The number of furan rings is 1. The number of amides is 1. The Hall–Kier alpha value is -1.85. The molecule has 0 atom stereocenters. The van der Waals surface area contributed by atoms with Crippen LogP contribution in [0.4, 0.5) is 0 Å². The summed E-state index contributed by atoms with van der Waals surface area (Å²) in [6, 6.07) is 9.01. The molecule has 0 unspecified atom stereocenters. The van der Waals surface area contributed by atoms with Gasteiger partial charge in [0.1, 0.15) is 4.99 Å². The van der Waals surface area contributed by atoms with Crippen LogP contribution in [0.2, 0.25) is 5.22 Å². The first-order valence-corrected chi connectivity index (χ1v) is 6.65. The number of halogens is 1. The molecule has 0 aliphatic carbocycles. The summed E-state index contributed by atoms with van der Waals surface area (Å²) >= 11 is 10.7. The van der Waals surface area contributed by atoms with Crippen molar-refractivity contribution in [2.45, 2.75) is 6.54 Å². The van der Waals surface area contributed by atoms with Crippen LogP contribution in [0.15, 0.2) is 41.0 Å². The van der Waals surface area contributed by atoms with Crippen LogP contribution >= 0.6 is 23.8 Å². The van der Waals surface area contributed by atoms with Gasteiger partial charge >= 0.3 is 0 Å². The normalized spacial score (nSPS) is 10.3. The molecule has 2 rings (SSSR count). The van der Waals surface area contributed by atoms with Crippen molar-refractivity contribution in [3.8, 4) is 0 Å². The maximum absolute atomic E-state index is 12.2.